The number of esters is 1. The van der Waals surface area contributed by atoms with Gasteiger partial charge >= 0.3 is 5.97 Å². The first-order chi connectivity index (χ1) is 18.3. The SMILES string of the molecule is Cc1c(NC(=O)[C@H](C)OC(=O)[C@@H](Cc2ccccc2)NC(=O)c2ccco2)c(=O)n(-c2ccccc2)n1C. The van der Waals surface area contributed by atoms with E-state index in [0.717, 1.165) is 5.56 Å². The van der Waals surface area contributed by atoms with Gasteiger partial charge in [0.15, 0.2) is 11.9 Å². The summed E-state index contributed by atoms with van der Waals surface area (Å²) in [6.07, 6.45) is 0.244. The smallest absolute Gasteiger partial charge is 0.329 e. The molecular formula is C28H28N4O6. The Morgan fingerprint density at radius 1 is 0.974 bits per heavy atom. The number of benzene rings is 2. The van der Waals surface area contributed by atoms with Crippen molar-refractivity contribution in [2.24, 2.45) is 7.05 Å². The maximum Gasteiger partial charge on any atom is 0.329 e. The summed E-state index contributed by atoms with van der Waals surface area (Å²) in [6.45, 7) is 3.10. The van der Waals surface area contributed by atoms with E-state index in [4.69, 9.17) is 9.15 Å². The van der Waals surface area contributed by atoms with Crippen LogP contribution in [0.4, 0.5) is 5.69 Å². The number of ether oxygens (including phenoxy) is 1. The van der Waals surface area contributed by atoms with Crippen LogP contribution < -0.4 is 16.2 Å². The Hall–Kier alpha value is -4.86. The number of anilines is 1. The van der Waals surface area contributed by atoms with Crippen LogP contribution in [0.25, 0.3) is 5.69 Å². The highest BCUT2D eigenvalue weighted by molar-refractivity contribution is 5.97. The average Bonchev–Trinajstić information content (AvgIpc) is 3.53. The van der Waals surface area contributed by atoms with Crippen LogP contribution in [0.3, 0.4) is 0 Å². The first-order valence-corrected chi connectivity index (χ1v) is 12.0. The molecule has 0 aliphatic heterocycles. The number of aromatic nitrogens is 2. The molecular weight excluding hydrogens is 488 g/mol. The van der Waals surface area contributed by atoms with Gasteiger partial charge in [-0.05, 0) is 43.7 Å². The van der Waals surface area contributed by atoms with Gasteiger partial charge in [-0.2, -0.15) is 0 Å². The summed E-state index contributed by atoms with van der Waals surface area (Å²) in [5.74, 6) is -2.04. The second-order valence-corrected chi connectivity index (χ2v) is 8.70. The Kier molecular flexibility index (Phi) is 7.91. The van der Waals surface area contributed by atoms with Crippen molar-refractivity contribution in [1.29, 1.82) is 0 Å². The van der Waals surface area contributed by atoms with Crippen molar-refractivity contribution in [1.82, 2.24) is 14.7 Å². The third kappa shape index (κ3) is 5.75. The minimum absolute atomic E-state index is 0.0379. The lowest BCUT2D eigenvalue weighted by Gasteiger charge is -2.20. The molecule has 0 bridgehead atoms. The Morgan fingerprint density at radius 3 is 2.26 bits per heavy atom. The molecule has 0 saturated carbocycles. The normalized spacial score (nSPS) is 12.4. The minimum atomic E-state index is -1.24. The zero-order valence-electron chi connectivity index (χ0n) is 21.2. The molecule has 4 rings (SSSR count). The van der Waals surface area contributed by atoms with E-state index in [1.165, 1.54) is 23.9 Å². The van der Waals surface area contributed by atoms with Gasteiger partial charge < -0.3 is 19.8 Å². The number of hydrogen-bond donors (Lipinski definition) is 2. The summed E-state index contributed by atoms with van der Waals surface area (Å²) in [7, 11) is 1.71. The quantitative estimate of drug-likeness (QED) is 0.330. The summed E-state index contributed by atoms with van der Waals surface area (Å²) in [6, 6.07) is 20.0. The molecule has 2 amide bonds. The van der Waals surface area contributed by atoms with Crippen LogP contribution in [-0.4, -0.2) is 39.3 Å². The standard InChI is InChI=1S/C28H28N4O6/c1-18-24(27(35)32(31(18)3)21-13-8-5-9-14-21)30-25(33)19(2)38-28(36)22(17-20-11-6-4-7-12-20)29-26(34)23-15-10-16-37-23/h4-16,19,22H,17H2,1-3H3,(H,29,34)(H,30,33)/t19-,22+/m0/s1. The van der Waals surface area contributed by atoms with E-state index >= 15 is 0 Å². The first kappa shape index (κ1) is 26.2. The maximum absolute atomic E-state index is 13.1. The van der Waals surface area contributed by atoms with Crippen molar-refractivity contribution in [2.45, 2.75) is 32.4 Å². The average molecular weight is 517 g/mol. The van der Waals surface area contributed by atoms with Crippen molar-refractivity contribution < 1.29 is 23.5 Å². The van der Waals surface area contributed by atoms with Gasteiger partial charge in [0.25, 0.3) is 17.4 Å². The summed E-state index contributed by atoms with van der Waals surface area (Å²) in [4.78, 5) is 51.7. The van der Waals surface area contributed by atoms with E-state index in [9.17, 15) is 19.2 Å². The molecule has 10 heteroatoms. The van der Waals surface area contributed by atoms with Crippen molar-refractivity contribution in [3.05, 3.63) is 106 Å². The van der Waals surface area contributed by atoms with Gasteiger partial charge in [0.05, 0.1) is 17.6 Å². The molecule has 4 aromatic rings. The van der Waals surface area contributed by atoms with Crippen LogP contribution in [0.2, 0.25) is 0 Å². The van der Waals surface area contributed by atoms with Gasteiger partial charge in [-0.15, -0.1) is 0 Å². The third-order valence-electron chi connectivity index (χ3n) is 6.08. The number of rotatable bonds is 9. The first-order valence-electron chi connectivity index (χ1n) is 12.0. The van der Waals surface area contributed by atoms with Crippen molar-refractivity contribution in [3.63, 3.8) is 0 Å². The van der Waals surface area contributed by atoms with Crippen molar-refractivity contribution in [3.8, 4) is 5.69 Å². The van der Waals surface area contributed by atoms with E-state index in [2.05, 4.69) is 10.6 Å². The topological polar surface area (TPSA) is 125 Å². The predicted octanol–water partition coefficient (Wildman–Crippen LogP) is 2.99. The number of nitrogens with zero attached hydrogens (tertiary/aromatic N) is 2. The molecule has 38 heavy (non-hydrogen) atoms. The molecule has 0 unspecified atom stereocenters. The van der Waals surface area contributed by atoms with Gasteiger partial charge in [0.1, 0.15) is 11.7 Å². The maximum atomic E-state index is 13.1. The van der Waals surface area contributed by atoms with Crippen LogP contribution in [0.5, 0.6) is 0 Å². The van der Waals surface area contributed by atoms with Crippen LogP contribution in [0, 0.1) is 6.92 Å². The van der Waals surface area contributed by atoms with E-state index in [-0.39, 0.29) is 17.9 Å². The lowest BCUT2D eigenvalue weighted by atomic mass is 10.1. The van der Waals surface area contributed by atoms with Gasteiger partial charge in [-0.25, -0.2) is 9.48 Å². The lowest BCUT2D eigenvalue weighted by molar-refractivity contribution is -0.155. The number of nitrogens with one attached hydrogen (secondary N) is 2. The van der Waals surface area contributed by atoms with Crippen LogP contribution >= 0.6 is 0 Å². The summed E-state index contributed by atoms with van der Waals surface area (Å²) >= 11 is 0. The van der Waals surface area contributed by atoms with Gasteiger partial charge in [0.2, 0.25) is 0 Å². The Balaban J connectivity index is 1.48. The highest BCUT2D eigenvalue weighted by atomic mass is 16.5. The monoisotopic (exact) mass is 516 g/mol. The number of carbonyl (C=O) groups is 3. The largest absolute Gasteiger partial charge is 0.459 e. The molecule has 2 aromatic carbocycles. The lowest BCUT2D eigenvalue weighted by Crippen LogP contribution is -2.45. The van der Waals surface area contributed by atoms with E-state index < -0.39 is 35.5 Å². The summed E-state index contributed by atoms with van der Waals surface area (Å²) < 4.78 is 13.6. The molecule has 0 fully saturated rings. The second kappa shape index (κ2) is 11.5. The molecule has 2 N–H and O–H groups in total. The van der Waals surface area contributed by atoms with Crippen LogP contribution in [-0.2, 0) is 27.8 Å². The molecule has 2 atom stereocenters. The van der Waals surface area contributed by atoms with Crippen molar-refractivity contribution >= 4 is 23.5 Å². The third-order valence-corrected chi connectivity index (χ3v) is 6.08. The molecule has 0 spiro atoms. The molecule has 0 aliphatic rings. The fraction of sp³-hybridized carbons (Fsp3) is 0.214. The van der Waals surface area contributed by atoms with E-state index in [1.807, 2.05) is 36.4 Å². The molecule has 0 saturated heterocycles. The molecule has 0 radical (unpaired) electrons. The fourth-order valence-corrected chi connectivity index (χ4v) is 3.93. The van der Waals surface area contributed by atoms with Crippen LogP contribution in [0.15, 0.2) is 88.3 Å². The number of furan rings is 1. The minimum Gasteiger partial charge on any atom is -0.459 e. The highest BCUT2D eigenvalue weighted by Gasteiger charge is 2.29. The predicted molar refractivity (Wildman–Crippen MR) is 140 cm³/mol. The van der Waals surface area contributed by atoms with Gasteiger partial charge in [-0.3, -0.25) is 19.1 Å². The Bertz CT molecular complexity index is 1470. The number of carbonyl (C=O) groups excluding carboxylic acids is 3. The molecule has 10 nitrogen and oxygen atoms in total. The van der Waals surface area contributed by atoms with E-state index in [0.29, 0.717) is 11.4 Å². The summed E-state index contributed by atoms with van der Waals surface area (Å²) in [5.41, 5.74) is 1.61. The zero-order chi connectivity index (χ0) is 27.2. The summed E-state index contributed by atoms with van der Waals surface area (Å²) in [5, 5.41) is 5.21. The zero-order valence-corrected chi connectivity index (χ0v) is 21.2. The van der Waals surface area contributed by atoms with Crippen LogP contribution in [0.1, 0.15) is 28.7 Å². The molecule has 196 valence electrons. The van der Waals surface area contributed by atoms with E-state index in [1.54, 1.807) is 49.0 Å². The molecule has 2 aromatic heterocycles. The van der Waals surface area contributed by atoms with Gasteiger partial charge in [0, 0.05) is 13.5 Å². The van der Waals surface area contributed by atoms with Gasteiger partial charge in [-0.1, -0.05) is 48.5 Å². The second-order valence-electron chi connectivity index (χ2n) is 8.70. The molecule has 2 heterocycles. The molecule has 0 aliphatic carbocycles. The van der Waals surface area contributed by atoms with Crippen molar-refractivity contribution in [2.75, 3.05) is 5.32 Å². The number of para-hydroxylation sites is 1. The fourth-order valence-electron chi connectivity index (χ4n) is 3.93. The number of amides is 2. The Morgan fingerprint density at radius 2 is 1.63 bits per heavy atom. The number of hydrogen-bond acceptors (Lipinski definition) is 6. The highest BCUT2D eigenvalue weighted by Crippen LogP contribution is 2.15. The Labute approximate surface area is 218 Å².